The van der Waals surface area contributed by atoms with Crippen molar-refractivity contribution in [3.63, 3.8) is 0 Å². The van der Waals surface area contributed by atoms with Crippen LogP contribution in [-0.4, -0.2) is 53.0 Å². The maximum Gasteiger partial charge on any atom is 0.274 e. The van der Waals surface area contributed by atoms with E-state index >= 15 is 0 Å². The first-order chi connectivity index (χ1) is 21.6. The van der Waals surface area contributed by atoms with Gasteiger partial charge in [0.25, 0.3) is 11.5 Å². The quantitative estimate of drug-likeness (QED) is 0.376. The molecule has 1 fully saturated rings. The van der Waals surface area contributed by atoms with Gasteiger partial charge in [-0.05, 0) is 104 Å². The number of aliphatic imine (C=N–C) groups is 1. The number of rotatable bonds is 5. The van der Waals surface area contributed by atoms with E-state index in [0.29, 0.717) is 23.7 Å². The summed E-state index contributed by atoms with van der Waals surface area (Å²) in [7, 11) is 3.92. The highest BCUT2D eigenvalue weighted by Gasteiger charge is 2.38. The molecule has 7 rings (SSSR count). The van der Waals surface area contributed by atoms with Crippen molar-refractivity contribution in [2.75, 3.05) is 36.9 Å². The average Bonchev–Trinajstić information content (AvgIpc) is 3.52. The maximum atomic E-state index is 13.9. The van der Waals surface area contributed by atoms with E-state index in [4.69, 9.17) is 4.99 Å². The van der Waals surface area contributed by atoms with Crippen molar-refractivity contribution >= 4 is 34.5 Å². The van der Waals surface area contributed by atoms with Gasteiger partial charge >= 0.3 is 0 Å². The first kappa shape index (κ1) is 30.1. The van der Waals surface area contributed by atoms with Crippen molar-refractivity contribution in [1.82, 2.24) is 9.47 Å². The van der Waals surface area contributed by atoms with Crippen LogP contribution in [0.5, 0.6) is 0 Å². The molecule has 0 spiro atoms. The Morgan fingerprint density at radius 2 is 1.84 bits per heavy atom. The topological polar surface area (TPSA) is 90.2 Å². The summed E-state index contributed by atoms with van der Waals surface area (Å²) in [5.41, 5.74) is 7.63. The predicted molar refractivity (Wildman–Crippen MR) is 183 cm³/mol. The molecular weight excluding hydrogens is 582 g/mol. The number of nitrogens with zero attached hydrogens (tertiary/aromatic N) is 4. The van der Waals surface area contributed by atoms with Gasteiger partial charge in [0.1, 0.15) is 11.5 Å². The number of aryl methyl sites for hydroxylation is 1. The second-order valence-corrected chi connectivity index (χ2v) is 15.1. The van der Waals surface area contributed by atoms with Crippen LogP contribution in [0, 0.1) is 11.3 Å². The Morgan fingerprint density at radius 3 is 2.58 bits per heavy atom. The minimum Gasteiger partial charge on any atom is -0.392 e. The molecule has 2 aromatic heterocycles. The van der Waals surface area contributed by atoms with E-state index in [1.165, 1.54) is 34.4 Å². The fourth-order valence-corrected chi connectivity index (χ4v) is 9.27. The van der Waals surface area contributed by atoms with Crippen LogP contribution >= 0.6 is 11.3 Å². The number of carbonyl (C=O) groups excluding carboxylic acids is 1. The van der Waals surface area contributed by atoms with Crippen LogP contribution < -0.4 is 15.8 Å². The Morgan fingerprint density at radius 1 is 1.04 bits per heavy atom. The van der Waals surface area contributed by atoms with E-state index in [1.807, 2.05) is 35.4 Å². The number of allylic oxidation sites excluding steroid dienone is 1. The number of aromatic nitrogens is 1. The molecule has 2 N–H and O–H groups in total. The zero-order valence-electron chi connectivity index (χ0n) is 26.8. The number of hydrogen-bond donors (Lipinski definition) is 2. The highest BCUT2D eigenvalue weighted by molar-refractivity contribution is 7.14. The summed E-state index contributed by atoms with van der Waals surface area (Å²) in [6.07, 6.45) is 10.8. The van der Waals surface area contributed by atoms with Gasteiger partial charge < -0.3 is 24.8 Å². The summed E-state index contributed by atoms with van der Waals surface area (Å²) in [5.74, 6) is 1.40. The van der Waals surface area contributed by atoms with Crippen molar-refractivity contribution < 1.29 is 9.90 Å². The van der Waals surface area contributed by atoms with E-state index < -0.39 is 0 Å². The van der Waals surface area contributed by atoms with Crippen LogP contribution in [-0.2, 0) is 32.9 Å². The molecule has 0 unspecified atom stereocenters. The lowest BCUT2D eigenvalue weighted by molar-refractivity contribution is 0.0984. The van der Waals surface area contributed by atoms with Crippen molar-refractivity contribution in [2.24, 2.45) is 23.4 Å². The number of aliphatic hydroxyl groups is 1. The van der Waals surface area contributed by atoms with Gasteiger partial charge in [-0.1, -0.05) is 26.0 Å². The van der Waals surface area contributed by atoms with Crippen LogP contribution in [0.2, 0.25) is 0 Å². The van der Waals surface area contributed by atoms with Gasteiger partial charge in [-0.15, -0.1) is 11.3 Å². The Labute approximate surface area is 269 Å². The number of thiophene rings is 1. The number of likely N-dealkylation sites (tertiary alicyclic amines) is 1. The predicted octanol–water partition coefficient (Wildman–Crippen LogP) is 5.76. The molecular formula is C36H43N5O3S. The van der Waals surface area contributed by atoms with E-state index in [9.17, 15) is 14.7 Å². The van der Waals surface area contributed by atoms with Crippen LogP contribution in [0.4, 0.5) is 11.4 Å². The number of hydrogen-bond acceptors (Lipinski definition) is 7. The van der Waals surface area contributed by atoms with Crippen molar-refractivity contribution in [1.29, 1.82) is 0 Å². The minimum atomic E-state index is -0.222. The Kier molecular flexibility index (Phi) is 7.82. The van der Waals surface area contributed by atoms with E-state index in [0.717, 1.165) is 72.7 Å². The van der Waals surface area contributed by atoms with Gasteiger partial charge in [-0.3, -0.25) is 9.59 Å². The van der Waals surface area contributed by atoms with Gasteiger partial charge in [0.2, 0.25) is 0 Å². The van der Waals surface area contributed by atoms with Crippen LogP contribution in [0.25, 0.3) is 11.1 Å². The Hall–Kier alpha value is -3.53. The van der Waals surface area contributed by atoms with Gasteiger partial charge in [-0.2, -0.15) is 0 Å². The molecule has 1 aliphatic carbocycles. The number of aliphatic hydroxyl groups excluding tert-OH is 1. The third kappa shape index (κ3) is 5.59. The summed E-state index contributed by atoms with van der Waals surface area (Å²) in [6.45, 7) is 7.21. The van der Waals surface area contributed by atoms with E-state index in [2.05, 4.69) is 31.1 Å². The summed E-state index contributed by atoms with van der Waals surface area (Å²) >= 11 is 1.66. The SMILES string of the molecule is CN1CCC(C2=CN=C(Nc3cc(-c4cccc(N5CCc6c(sc7c6CC(C)(C)C7)C5=O)c4CO)cn(C)c3=O)CC2)CC1. The summed E-state index contributed by atoms with van der Waals surface area (Å²) in [5, 5.41) is 14.0. The molecule has 8 nitrogen and oxygen atoms in total. The highest BCUT2D eigenvalue weighted by Crippen LogP contribution is 2.46. The molecule has 5 heterocycles. The molecule has 9 heteroatoms. The fraction of sp³-hybridized carbons (Fsp3) is 0.472. The molecule has 0 radical (unpaired) electrons. The maximum absolute atomic E-state index is 13.9. The number of amidine groups is 1. The van der Waals surface area contributed by atoms with Gasteiger partial charge in [0.05, 0.1) is 17.2 Å². The number of amides is 1. The second-order valence-electron chi connectivity index (χ2n) is 14.0. The monoisotopic (exact) mass is 625 g/mol. The normalized spacial score (nSPS) is 20.1. The number of benzene rings is 1. The number of piperidine rings is 1. The largest absolute Gasteiger partial charge is 0.392 e. The fourth-order valence-electron chi connectivity index (χ4n) is 7.69. The first-order valence-electron chi connectivity index (χ1n) is 16.2. The van der Waals surface area contributed by atoms with E-state index in [-0.39, 0.29) is 23.5 Å². The Balaban J connectivity index is 1.16. The van der Waals surface area contributed by atoms with Gasteiger partial charge in [0.15, 0.2) is 0 Å². The molecule has 1 amide bonds. The number of fused-ring (bicyclic) bond motifs is 3. The average molecular weight is 626 g/mol. The van der Waals surface area contributed by atoms with Crippen LogP contribution in [0.15, 0.2) is 52.0 Å². The molecule has 1 saturated heterocycles. The molecule has 45 heavy (non-hydrogen) atoms. The number of anilines is 2. The van der Waals surface area contributed by atoms with Gasteiger partial charge in [0, 0.05) is 48.4 Å². The molecule has 0 saturated carbocycles. The zero-order chi connectivity index (χ0) is 31.5. The van der Waals surface area contributed by atoms with Crippen LogP contribution in [0.3, 0.4) is 0 Å². The second kappa shape index (κ2) is 11.7. The summed E-state index contributed by atoms with van der Waals surface area (Å²) in [6, 6.07) is 7.66. The van der Waals surface area contributed by atoms with Crippen molar-refractivity contribution in [2.45, 2.75) is 65.4 Å². The summed E-state index contributed by atoms with van der Waals surface area (Å²) < 4.78 is 1.57. The lowest BCUT2D eigenvalue weighted by Gasteiger charge is -2.31. The number of pyridine rings is 1. The molecule has 3 aromatic rings. The minimum absolute atomic E-state index is 0.0195. The Bertz CT molecular complexity index is 1790. The molecule has 4 aliphatic rings. The molecule has 1 aromatic carbocycles. The molecule has 3 aliphatic heterocycles. The lowest BCUT2D eigenvalue weighted by Crippen LogP contribution is -2.37. The molecule has 0 bridgehead atoms. The van der Waals surface area contributed by atoms with E-state index in [1.54, 1.807) is 29.1 Å². The third-order valence-corrected chi connectivity index (χ3v) is 11.4. The molecule has 0 atom stereocenters. The third-order valence-electron chi connectivity index (χ3n) is 10.2. The van der Waals surface area contributed by atoms with Crippen molar-refractivity contribution in [3.8, 4) is 11.1 Å². The highest BCUT2D eigenvalue weighted by atomic mass is 32.1. The lowest BCUT2D eigenvalue weighted by atomic mass is 9.86. The van der Waals surface area contributed by atoms with Crippen LogP contribution in [0.1, 0.15) is 70.8 Å². The standard InChI is InChI=1S/C36H43N5O3S/c1-36(2)17-27-26-12-15-41(35(44)33(26)45-31(27)18-36)30-7-5-6-25(28(30)21-42)24-16-29(34(43)40(4)20-24)38-32-9-8-23(19-37-32)22-10-13-39(3)14-11-22/h5-7,16,19-20,22,42H,8-15,17-18,21H2,1-4H3,(H,37,38). The zero-order valence-corrected chi connectivity index (χ0v) is 27.6. The van der Waals surface area contributed by atoms with Crippen molar-refractivity contribution in [3.05, 3.63) is 79.0 Å². The summed E-state index contributed by atoms with van der Waals surface area (Å²) in [4.78, 5) is 38.3. The van der Waals surface area contributed by atoms with Gasteiger partial charge in [-0.25, -0.2) is 4.99 Å². The number of carbonyl (C=O) groups is 1. The number of nitrogens with one attached hydrogen (secondary N) is 1. The first-order valence-corrected chi connectivity index (χ1v) is 17.0. The molecule has 236 valence electrons. The smallest absolute Gasteiger partial charge is 0.274 e.